The van der Waals surface area contributed by atoms with Crippen LogP contribution in [0, 0.1) is 5.82 Å². The van der Waals surface area contributed by atoms with Crippen LogP contribution < -0.4 is 0 Å². The molecular formula is C19H17Cl2FN2O3S. The summed E-state index contributed by atoms with van der Waals surface area (Å²) < 4.78 is 39.8. The molecule has 2 aromatic rings. The van der Waals surface area contributed by atoms with Crippen molar-refractivity contribution in [3.63, 3.8) is 0 Å². The first-order valence-corrected chi connectivity index (χ1v) is 10.6. The summed E-state index contributed by atoms with van der Waals surface area (Å²) in [5, 5.41) is 0.827. The maximum Gasteiger partial charge on any atom is 0.246 e. The van der Waals surface area contributed by atoms with E-state index in [9.17, 15) is 17.6 Å². The van der Waals surface area contributed by atoms with Gasteiger partial charge in [-0.2, -0.15) is 4.31 Å². The summed E-state index contributed by atoms with van der Waals surface area (Å²) in [6.45, 7) is 0.786. The van der Waals surface area contributed by atoms with E-state index in [1.165, 1.54) is 28.6 Å². The molecule has 1 aliphatic rings. The van der Waals surface area contributed by atoms with Crippen molar-refractivity contribution >= 4 is 45.2 Å². The molecule has 0 N–H and O–H groups in total. The SMILES string of the molecule is O=C(/C=C/c1ccc(Cl)c(Cl)c1)N1CCN(S(=O)(=O)c2cccc(F)c2)CC1. The van der Waals surface area contributed by atoms with E-state index in [4.69, 9.17) is 23.2 Å². The van der Waals surface area contributed by atoms with Gasteiger partial charge in [-0.15, -0.1) is 0 Å². The van der Waals surface area contributed by atoms with E-state index in [0.29, 0.717) is 10.0 Å². The summed E-state index contributed by atoms with van der Waals surface area (Å²) in [4.78, 5) is 13.8. The number of halogens is 3. The Morgan fingerprint density at radius 1 is 1.00 bits per heavy atom. The lowest BCUT2D eigenvalue weighted by Gasteiger charge is -2.33. The molecule has 3 rings (SSSR count). The number of hydrogen-bond acceptors (Lipinski definition) is 3. The summed E-state index contributed by atoms with van der Waals surface area (Å²) >= 11 is 11.8. The largest absolute Gasteiger partial charge is 0.337 e. The molecule has 1 amide bonds. The number of nitrogens with zero attached hydrogens (tertiary/aromatic N) is 2. The lowest BCUT2D eigenvalue weighted by atomic mass is 10.2. The zero-order valence-electron chi connectivity index (χ0n) is 14.7. The Balaban J connectivity index is 1.62. The van der Waals surface area contributed by atoms with E-state index in [1.54, 1.807) is 29.2 Å². The topological polar surface area (TPSA) is 57.7 Å². The molecule has 1 saturated heterocycles. The van der Waals surface area contributed by atoms with Gasteiger partial charge in [-0.1, -0.05) is 35.3 Å². The fourth-order valence-electron chi connectivity index (χ4n) is 2.81. The van der Waals surface area contributed by atoms with Crippen LogP contribution in [0.5, 0.6) is 0 Å². The van der Waals surface area contributed by atoms with Gasteiger partial charge in [-0.05, 0) is 42.0 Å². The second-order valence-electron chi connectivity index (χ2n) is 6.19. The molecule has 0 atom stereocenters. The minimum Gasteiger partial charge on any atom is -0.337 e. The lowest BCUT2D eigenvalue weighted by molar-refractivity contribution is -0.127. The Hall–Kier alpha value is -1.93. The number of amides is 1. The number of carbonyl (C=O) groups excluding carboxylic acids is 1. The van der Waals surface area contributed by atoms with Crippen LogP contribution in [0.1, 0.15) is 5.56 Å². The quantitative estimate of drug-likeness (QED) is 0.678. The Kier molecular flexibility index (Phi) is 6.40. The number of hydrogen-bond donors (Lipinski definition) is 0. The Morgan fingerprint density at radius 3 is 2.36 bits per heavy atom. The number of rotatable bonds is 4. The number of piperazine rings is 1. The van der Waals surface area contributed by atoms with Crippen molar-refractivity contribution in [2.75, 3.05) is 26.2 Å². The Labute approximate surface area is 173 Å². The molecule has 1 aliphatic heterocycles. The molecule has 0 saturated carbocycles. The molecule has 0 aliphatic carbocycles. The highest BCUT2D eigenvalue weighted by Gasteiger charge is 2.29. The van der Waals surface area contributed by atoms with Crippen molar-refractivity contribution in [1.82, 2.24) is 9.21 Å². The first-order valence-electron chi connectivity index (χ1n) is 8.45. The molecule has 0 bridgehead atoms. The molecule has 148 valence electrons. The van der Waals surface area contributed by atoms with E-state index >= 15 is 0 Å². The number of benzene rings is 2. The molecule has 9 heteroatoms. The van der Waals surface area contributed by atoms with Gasteiger partial charge >= 0.3 is 0 Å². The van der Waals surface area contributed by atoms with Gasteiger partial charge in [0.05, 0.1) is 14.9 Å². The van der Waals surface area contributed by atoms with Gasteiger partial charge in [0.25, 0.3) is 0 Å². The summed E-state index contributed by atoms with van der Waals surface area (Å²) in [5.41, 5.74) is 0.732. The van der Waals surface area contributed by atoms with Crippen LogP contribution in [0.3, 0.4) is 0 Å². The third-order valence-corrected chi connectivity index (χ3v) is 6.98. The zero-order valence-corrected chi connectivity index (χ0v) is 17.0. The summed E-state index contributed by atoms with van der Waals surface area (Å²) in [6.07, 6.45) is 3.04. The smallest absolute Gasteiger partial charge is 0.246 e. The van der Waals surface area contributed by atoms with E-state index in [0.717, 1.165) is 11.6 Å². The summed E-state index contributed by atoms with van der Waals surface area (Å²) in [6, 6.07) is 9.93. The fourth-order valence-corrected chi connectivity index (χ4v) is 4.58. The predicted octanol–water partition coefficient (Wildman–Crippen LogP) is 3.68. The van der Waals surface area contributed by atoms with Gasteiger partial charge in [0.2, 0.25) is 15.9 Å². The van der Waals surface area contributed by atoms with Crippen molar-refractivity contribution in [3.05, 3.63) is 70.0 Å². The summed E-state index contributed by atoms with van der Waals surface area (Å²) in [5.74, 6) is -0.837. The van der Waals surface area contributed by atoms with Gasteiger partial charge in [0, 0.05) is 32.3 Å². The Morgan fingerprint density at radius 2 is 1.71 bits per heavy atom. The number of sulfonamides is 1. The molecular weight excluding hydrogens is 426 g/mol. The second-order valence-corrected chi connectivity index (χ2v) is 8.95. The molecule has 1 fully saturated rings. The van der Waals surface area contributed by atoms with Crippen LogP contribution in [-0.2, 0) is 14.8 Å². The van der Waals surface area contributed by atoms with Crippen LogP contribution in [0.25, 0.3) is 6.08 Å². The standard InChI is InChI=1S/C19H17Cl2FN2O3S/c20-17-6-4-14(12-18(17)21)5-7-19(25)23-8-10-24(11-9-23)28(26,27)16-3-1-2-15(22)13-16/h1-7,12-13H,8-11H2/b7-5+. The van der Waals surface area contributed by atoms with Crippen LogP contribution >= 0.6 is 23.2 Å². The predicted molar refractivity (Wildman–Crippen MR) is 107 cm³/mol. The highest BCUT2D eigenvalue weighted by Crippen LogP contribution is 2.23. The minimum absolute atomic E-state index is 0.0909. The van der Waals surface area contributed by atoms with Crippen molar-refractivity contribution in [2.24, 2.45) is 0 Å². The van der Waals surface area contributed by atoms with Crippen LogP contribution in [-0.4, -0.2) is 49.7 Å². The molecule has 0 spiro atoms. The Bertz CT molecular complexity index is 1020. The van der Waals surface area contributed by atoms with Gasteiger partial charge in [-0.25, -0.2) is 12.8 Å². The molecule has 28 heavy (non-hydrogen) atoms. The molecule has 5 nitrogen and oxygen atoms in total. The molecule has 0 unspecified atom stereocenters. The number of carbonyl (C=O) groups is 1. The van der Waals surface area contributed by atoms with Crippen molar-refractivity contribution < 1.29 is 17.6 Å². The zero-order chi connectivity index (χ0) is 20.3. The van der Waals surface area contributed by atoms with Crippen molar-refractivity contribution in [2.45, 2.75) is 4.90 Å². The van der Waals surface area contributed by atoms with Gasteiger partial charge in [0.1, 0.15) is 5.82 Å². The van der Waals surface area contributed by atoms with Gasteiger partial charge < -0.3 is 4.90 Å². The first kappa shape index (κ1) is 20.8. The van der Waals surface area contributed by atoms with Crippen LogP contribution in [0.15, 0.2) is 53.4 Å². The van der Waals surface area contributed by atoms with E-state index < -0.39 is 15.8 Å². The van der Waals surface area contributed by atoms with Crippen molar-refractivity contribution in [3.8, 4) is 0 Å². The molecule has 0 aromatic heterocycles. The van der Waals surface area contributed by atoms with Crippen LogP contribution in [0.2, 0.25) is 10.0 Å². The second kappa shape index (κ2) is 8.61. The molecule has 1 heterocycles. The summed E-state index contributed by atoms with van der Waals surface area (Å²) in [7, 11) is -3.79. The van der Waals surface area contributed by atoms with E-state index in [-0.39, 0.29) is 37.0 Å². The minimum atomic E-state index is -3.79. The molecule has 0 radical (unpaired) electrons. The van der Waals surface area contributed by atoms with Crippen molar-refractivity contribution in [1.29, 1.82) is 0 Å². The maximum atomic E-state index is 13.3. The monoisotopic (exact) mass is 442 g/mol. The average Bonchev–Trinajstić information content (AvgIpc) is 2.68. The lowest BCUT2D eigenvalue weighted by Crippen LogP contribution is -2.50. The van der Waals surface area contributed by atoms with E-state index in [2.05, 4.69) is 0 Å². The fraction of sp³-hybridized carbons (Fsp3) is 0.211. The highest BCUT2D eigenvalue weighted by molar-refractivity contribution is 7.89. The molecule has 2 aromatic carbocycles. The third kappa shape index (κ3) is 4.72. The van der Waals surface area contributed by atoms with E-state index in [1.807, 2.05) is 0 Å². The normalized spacial score (nSPS) is 15.9. The average molecular weight is 443 g/mol. The third-order valence-electron chi connectivity index (χ3n) is 4.35. The first-order chi connectivity index (χ1) is 13.3. The maximum absolute atomic E-state index is 13.3. The van der Waals surface area contributed by atoms with Crippen LogP contribution in [0.4, 0.5) is 4.39 Å². The highest BCUT2D eigenvalue weighted by atomic mass is 35.5. The van der Waals surface area contributed by atoms with Gasteiger partial charge in [0.15, 0.2) is 0 Å². The van der Waals surface area contributed by atoms with Gasteiger partial charge in [-0.3, -0.25) is 4.79 Å².